The highest BCUT2D eigenvalue weighted by atomic mass is 15.0. The van der Waals surface area contributed by atoms with Gasteiger partial charge in [0, 0.05) is 33.2 Å². The van der Waals surface area contributed by atoms with Gasteiger partial charge >= 0.3 is 0 Å². The van der Waals surface area contributed by atoms with Crippen LogP contribution in [-0.4, -0.2) is 24.9 Å². The number of benzene rings is 7. The molecule has 2 aromatic heterocycles. The molecule has 0 saturated heterocycles. The van der Waals surface area contributed by atoms with E-state index in [4.69, 9.17) is 24.9 Å². The van der Waals surface area contributed by atoms with Gasteiger partial charge in [0.2, 0.25) is 0 Å². The fourth-order valence-corrected chi connectivity index (χ4v) is 6.77. The second kappa shape index (κ2) is 14.2. The van der Waals surface area contributed by atoms with Crippen molar-refractivity contribution >= 4 is 10.9 Å². The zero-order valence-corrected chi connectivity index (χ0v) is 29.0. The summed E-state index contributed by atoms with van der Waals surface area (Å²) in [4.78, 5) is 25.4. The Kier molecular flexibility index (Phi) is 8.48. The summed E-state index contributed by atoms with van der Waals surface area (Å²) in [6.45, 7) is 0. The third-order valence-electron chi connectivity index (χ3n) is 9.39. The van der Waals surface area contributed by atoms with Gasteiger partial charge in [-0.05, 0) is 46.5 Å². The topological polar surface area (TPSA) is 88.2 Å². The molecule has 9 rings (SSSR count). The lowest BCUT2D eigenvalue weighted by molar-refractivity contribution is 1.07. The van der Waals surface area contributed by atoms with Gasteiger partial charge in [-0.25, -0.2) is 24.9 Å². The molecule has 0 unspecified atom stereocenters. The smallest absolute Gasteiger partial charge is 0.164 e. The first-order valence-corrected chi connectivity index (χ1v) is 17.7. The van der Waals surface area contributed by atoms with Crippen molar-refractivity contribution in [1.82, 2.24) is 24.9 Å². The molecule has 7 aromatic carbocycles. The average Bonchev–Trinajstić information content (AvgIpc) is 3.26. The van der Waals surface area contributed by atoms with Crippen molar-refractivity contribution in [3.8, 4) is 85.1 Å². The fraction of sp³-hybridized carbons (Fsp3) is 0. The van der Waals surface area contributed by atoms with E-state index in [0.29, 0.717) is 28.9 Å². The Balaban J connectivity index is 1.29. The van der Waals surface area contributed by atoms with Crippen molar-refractivity contribution in [1.29, 1.82) is 5.26 Å². The number of hydrogen-bond acceptors (Lipinski definition) is 6. The van der Waals surface area contributed by atoms with E-state index in [9.17, 15) is 5.26 Å². The minimum atomic E-state index is 0.526. The molecular formula is C48H30N6. The first kappa shape index (κ1) is 32.3. The van der Waals surface area contributed by atoms with Crippen LogP contribution in [-0.2, 0) is 0 Å². The number of hydrogen-bond donors (Lipinski definition) is 0. The summed E-state index contributed by atoms with van der Waals surface area (Å²) in [6.07, 6.45) is 0. The Bertz CT molecular complexity index is 2770. The monoisotopic (exact) mass is 690 g/mol. The molecule has 252 valence electrons. The van der Waals surface area contributed by atoms with E-state index in [1.54, 1.807) is 0 Å². The summed E-state index contributed by atoms with van der Waals surface area (Å²) in [5.74, 6) is 2.34. The largest absolute Gasteiger partial charge is 0.228 e. The number of fused-ring (bicyclic) bond motifs is 1. The predicted octanol–water partition coefficient (Wildman–Crippen LogP) is 11.4. The van der Waals surface area contributed by atoms with Crippen LogP contribution in [0.4, 0.5) is 0 Å². The molecule has 0 amide bonds. The van der Waals surface area contributed by atoms with Crippen LogP contribution in [0.5, 0.6) is 0 Å². The molecule has 6 nitrogen and oxygen atoms in total. The van der Waals surface area contributed by atoms with E-state index < -0.39 is 0 Å². The standard InChI is InChI=1S/C48H30N6/c49-31-32-15-14-22-36(29-32)39-28-27-37(30-42(39)48-53-46(34-18-6-2-7-19-34)52-47(54-48)35-20-8-3-9-21-35)38-23-10-11-24-40(38)44-41-25-12-13-26-43(41)50-45(51-44)33-16-4-1-5-17-33/h1-30H. The van der Waals surface area contributed by atoms with Gasteiger partial charge < -0.3 is 0 Å². The first-order valence-electron chi connectivity index (χ1n) is 17.7. The van der Waals surface area contributed by atoms with Crippen LogP contribution in [0.2, 0.25) is 0 Å². The molecule has 0 spiro atoms. The Labute approximate surface area is 312 Å². The van der Waals surface area contributed by atoms with E-state index in [2.05, 4.69) is 42.5 Å². The highest BCUT2D eigenvalue weighted by Gasteiger charge is 2.20. The molecule has 0 bridgehead atoms. The van der Waals surface area contributed by atoms with Crippen molar-refractivity contribution in [2.45, 2.75) is 0 Å². The SMILES string of the molecule is N#Cc1cccc(-c2ccc(-c3ccccc3-c3nc(-c4ccccc4)nc4ccccc34)cc2-c2nc(-c3ccccc3)nc(-c3ccccc3)n2)c1. The van der Waals surface area contributed by atoms with E-state index in [-0.39, 0.29) is 0 Å². The number of aromatic nitrogens is 5. The molecule has 6 heteroatoms. The zero-order chi connectivity index (χ0) is 36.3. The maximum Gasteiger partial charge on any atom is 0.164 e. The summed E-state index contributed by atoms with van der Waals surface area (Å²) in [5, 5.41) is 10.8. The summed E-state index contributed by atoms with van der Waals surface area (Å²) >= 11 is 0. The summed E-state index contributed by atoms with van der Waals surface area (Å²) < 4.78 is 0. The van der Waals surface area contributed by atoms with Crippen LogP contribution in [0, 0.1) is 11.3 Å². The number of nitriles is 1. The van der Waals surface area contributed by atoms with Gasteiger partial charge in [0.25, 0.3) is 0 Å². The van der Waals surface area contributed by atoms with Crippen molar-refractivity contribution in [3.05, 3.63) is 188 Å². The normalized spacial score (nSPS) is 10.9. The minimum absolute atomic E-state index is 0.526. The highest BCUT2D eigenvalue weighted by Crippen LogP contribution is 2.40. The third kappa shape index (κ3) is 6.27. The number of nitrogens with zero attached hydrogens (tertiary/aromatic N) is 6. The van der Waals surface area contributed by atoms with Gasteiger partial charge in [-0.15, -0.1) is 0 Å². The molecule has 0 saturated carbocycles. The second-order valence-electron chi connectivity index (χ2n) is 12.8. The molecule has 0 aliphatic heterocycles. The maximum atomic E-state index is 9.83. The van der Waals surface area contributed by atoms with Crippen LogP contribution < -0.4 is 0 Å². The lowest BCUT2D eigenvalue weighted by Gasteiger charge is -2.16. The van der Waals surface area contributed by atoms with Gasteiger partial charge in [0.1, 0.15) is 0 Å². The molecule has 0 aliphatic rings. The van der Waals surface area contributed by atoms with Crippen LogP contribution in [0.25, 0.3) is 90.0 Å². The van der Waals surface area contributed by atoms with E-state index >= 15 is 0 Å². The van der Waals surface area contributed by atoms with Crippen LogP contribution in [0.3, 0.4) is 0 Å². The summed E-state index contributed by atoms with van der Waals surface area (Å²) in [7, 11) is 0. The Morgan fingerprint density at radius 2 is 0.833 bits per heavy atom. The fourth-order valence-electron chi connectivity index (χ4n) is 6.77. The lowest BCUT2D eigenvalue weighted by atomic mass is 9.90. The van der Waals surface area contributed by atoms with E-state index in [1.807, 2.05) is 146 Å². The Morgan fingerprint density at radius 3 is 1.48 bits per heavy atom. The maximum absolute atomic E-state index is 9.83. The van der Waals surface area contributed by atoms with E-state index in [1.165, 1.54) is 0 Å². The first-order chi connectivity index (χ1) is 26.7. The van der Waals surface area contributed by atoms with Gasteiger partial charge in [-0.3, -0.25) is 0 Å². The number of para-hydroxylation sites is 1. The van der Waals surface area contributed by atoms with Crippen LogP contribution in [0.15, 0.2) is 182 Å². The van der Waals surface area contributed by atoms with Crippen molar-refractivity contribution in [2.24, 2.45) is 0 Å². The number of rotatable bonds is 7. The van der Waals surface area contributed by atoms with Crippen LogP contribution in [0.1, 0.15) is 5.56 Å². The van der Waals surface area contributed by atoms with Gasteiger partial charge in [-0.1, -0.05) is 158 Å². The molecule has 0 atom stereocenters. The van der Waals surface area contributed by atoms with Crippen molar-refractivity contribution in [2.75, 3.05) is 0 Å². The van der Waals surface area contributed by atoms with Crippen molar-refractivity contribution in [3.63, 3.8) is 0 Å². The van der Waals surface area contributed by atoms with Crippen LogP contribution >= 0.6 is 0 Å². The molecule has 0 radical (unpaired) electrons. The molecule has 0 fully saturated rings. The highest BCUT2D eigenvalue weighted by molar-refractivity contribution is 5.99. The third-order valence-corrected chi connectivity index (χ3v) is 9.39. The van der Waals surface area contributed by atoms with Gasteiger partial charge in [-0.2, -0.15) is 5.26 Å². The van der Waals surface area contributed by atoms with Gasteiger partial charge in [0.15, 0.2) is 23.3 Å². The van der Waals surface area contributed by atoms with Gasteiger partial charge in [0.05, 0.1) is 22.8 Å². The molecule has 0 N–H and O–H groups in total. The second-order valence-corrected chi connectivity index (χ2v) is 12.8. The Hall–Kier alpha value is -7.62. The Morgan fingerprint density at radius 1 is 0.333 bits per heavy atom. The average molecular weight is 691 g/mol. The molecule has 2 heterocycles. The molecule has 54 heavy (non-hydrogen) atoms. The molecule has 0 aliphatic carbocycles. The lowest BCUT2D eigenvalue weighted by Crippen LogP contribution is -2.01. The minimum Gasteiger partial charge on any atom is -0.228 e. The summed E-state index contributed by atoms with van der Waals surface area (Å²) in [5.41, 5.74) is 10.6. The molecule has 9 aromatic rings. The molecular weight excluding hydrogens is 661 g/mol. The quantitative estimate of drug-likeness (QED) is 0.165. The predicted molar refractivity (Wildman–Crippen MR) is 216 cm³/mol. The zero-order valence-electron chi connectivity index (χ0n) is 29.0. The van der Waals surface area contributed by atoms with E-state index in [0.717, 1.165) is 66.7 Å². The van der Waals surface area contributed by atoms with Crippen molar-refractivity contribution < 1.29 is 0 Å². The summed E-state index contributed by atoms with van der Waals surface area (Å²) in [6, 6.07) is 62.8.